The molecule has 1 aromatic rings. The van der Waals surface area contributed by atoms with Crippen LogP contribution in [0, 0.1) is 11.2 Å². The molecule has 5 heteroatoms. The molecule has 19 heavy (non-hydrogen) atoms. The van der Waals surface area contributed by atoms with E-state index < -0.39 is 5.82 Å². The van der Waals surface area contributed by atoms with Gasteiger partial charge >= 0.3 is 0 Å². The number of halogens is 2. The summed E-state index contributed by atoms with van der Waals surface area (Å²) < 4.78 is 14.1. The number of rotatable bonds is 4. The Labute approximate surface area is 118 Å². The highest BCUT2D eigenvalue weighted by atomic mass is 35.5. The van der Waals surface area contributed by atoms with E-state index in [-0.39, 0.29) is 21.8 Å². The average Bonchev–Trinajstić information content (AvgIpc) is 2.85. The summed E-state index contributed by atoms with van der Waals surface area (Å²) in [7, 11) is 0. The summed E-state index contributed by atoms with van der Waals surface area (Å²) in [6.45, 7) is 2.91. The fraction of sp³-hybridized carbons (Fsp3) is 0.571. The molecule has 0 aromatic heterocycles. The van der Waals surface area contributed by atoms with Gasteiger partial charge in [0.2, 0.25) is 0 Å². The molecule has 106 valence electrons. The van der Waals surface area contributed by atoms with E-state index in [0.717, 1.165) is 13.0 Å². The Morgan fingerprint density at radius 1 is 1.32 bits per heavy atom. The standard InChI is InChI=1S/C14H21ClFN3/c1-2-14(5-3-4-6-14)8-19-13-10(18)7-9(17)11(15)12(13)16/h7,19H,2-6,8,17-18H2,1H3. The second-order valence-electron chi connectivity index (χ2n) is 5.47. The third-order valence-corrected chi connectivity index (χ3v) is 4.70. The predicted octanol–water partition coefficient (Wildman–Crippen LogP) is 4.03. The smallest absolute Gasteiger partial charge is 0.169 e. The van der Waals surface area contributed by atoms with Crippen molar-refractivity contribution in [3.63, 3.8) is 0 Å². The lowest BCUT2D eigenvalue weighted by Gasteiger charge is -2.28. The van der Waals surface area contributed by atoms with Crippen LogP contribution in [0.3, 0.4) is 0 Å². The van der Waals surface area contributed by atoms with E-state index in [2.05, 4.69) is 12.2 Å². The van der Waals surface area contributed by atoms with Crippen LogP contribution >= 0.6 is 11.6 Å². The second kappa shape index (κ2) is 5.45. The summed E-state index contributed by atoms with van der Waals surface area (Å²) >= 11 is 5.82. The van der Waals surface area contributed by atoms with Gasteiger partial charge in [0.15, 0.2) is 5.82 Å². The van der Waals surface area contributed by atoms with Crippen molar-refractivity contribution in [2.45, 2.75) is 39.0 Å². The Morgan fingerprint density at radius 2 is 1.95 bits per heavy atom. The summed E-state index contributed by atoms with van der Waals surface area (Å²) in [6, 6.07) is 1.50. The van der Waals surface area contributed by atoms with E-state index in [4.69, 9.17) is 23.1 Å². The molecule has 0 atom stereocenters. The van der Waals surface area contributed by atoms with Crippen LogP contribution < -0.4 is 16.8 Å². The first-order valence-corrected chi connectivity index (χ1v) is 7.14. The molecular weight excluding hydrogens is 265 g/mol. The Balaban J connectivity index is 2.18. The van der Waals surface area contributed by atoms with E-state index in [1.165, 1.54) is 31.7 Å². The van der Waals surface area contributed by atoms with Gasteiger partial charge < -0.3 is 16.8 Å². The fourth-order valence-electron chi connectivity index (χ4n) is 2.90. The maximum atomic E-state index is 14.1. The molecular formula is C14H21ClFN3. The normalized spacial score (nSPS) is 17.6. The molecule has 0 radical (unpaired) electrons. The van der Waals surface area contributed by atoms with Crippen molar-refractivity contribution in [2.75, 3.05) is 23.3 Å². The van der Waals surface area contributed by atoms with Crippen LogP contribution in [0.5, 0.6) is 0 Å². The first-order chi connectivity index (χ1) is 8.99. The van der Waals surface area contributed by atoms with Crippen molar-refractivity contribution in [1.82, 2.24) is 0 Å². The predicted molar refractivity (Wildman–Crippen MR) is 79.9 cm³/mol. The first kappa shape index (κ1) is 14.3. The van der Waals surface area contributed by atoms with Crippen LogP contribution in [0.15, 0.2) is 6.07 Å². The second-order valence-corrected chi connectivity index (χ2v) is 5.85. The molecule has 1 aromatic carbocycles. The van der Waals surface area contributed by atoms with Crippen LogP contribution in [0.1, 0.15) is 39.0 Å². The van der Waals surface area contributed by atoms with Gasteiger partial charge in [-0.05, 0) is 30.7 Å². The lowest BCUT2D eigenvalue weighted by atomic mass is 9.83. The van der Waals surface area contributed by atoms with Crippen molar-refractivity contribution in [2.24, 2.45) is 5.41 Å². The van der Waals surface area contributed by atoms with E-state index in [0.29, 0.717) is 5.69 Å². The SMILES string of the molecule is CCC1(CNc2c(N)cc(N)c(Cl)c2F)CCCC1. The van der Waals surface area contributed by atoms with E-state index >= 15 is 0 Å². The molecule has 5 N–H and O–H groups in total. The number of hydrogen-bond acceptors (Lipinski definition) is 3. The zero-order chi connectivity index (χ0) is 14.0. The molecule has 0 spiro atoms. The minimum Gasteiger partial charge on any atom is -0.397 e. The Hall–Kier alpha value is -1.16. The topological polar surface area (TPSA) is 64.1 Å². The van der Waals surface area contributed by atoms with E-state index in [1.54, 1.807) is 0 Å². The number of nitrogen functional groups attached to an aromatic ring is 2. The maximum Gasteiger partial charge on any atom is 0.169 e. The molecule has 1 aliphatic rings. The van der Waals surface area contributed by atoms with Gasteiger partial charge in [-0.2, -0.15) is 0 Å². The maximum absolute atomic E-state index is 14.1. The summed E-state index contributed by atoms with van der Waals surface area (Å²) in [5, 5.41) is 3.08. The Bertz CT molecular complexity index is 470. The van der Waals surface area contributed by atoms with Gasteiger partial charge in [-0.25, -0.2) is 4.39 Å². The van der Waals surface area contributed by atoms with Crippen molar-refractivity contribution < 1.29 is 4.39 Å². The molecule has 1 saturated carbocycles. The lowest BCUT2D eigenvalue weighted by molar-refractivity contribution is 0.306. The molecule has 1 aliphatic carbocycles. The number of anilines is 3. The summed E-state index contributed by atoms with van der Waals surface area (Å²) in [6.07, 6.45) is 5.94. The highest BCUT2D eigenvalue weighted by Crippen LogP contribution is 2.42. The monoisotopic (exact) mass is 285 g/mol. The largest absolute Gasteiger partial charge is 0.397 e. The molecule has 2 rings (SSSR count). The molecule has 3 nitrogen and oxygen atoms in total. The highest BCUT2D eigenvalue weighted by Gasteiger charge is 2.32. The third kappa shape index (κ3) is 2.73. The minimum atomic E-state index is -0.552. The van der Waals surface area contributed by atoms with Crippen LogP contribution in [0.4, 0.5) is 21.5 Å². The summed E-state index contributed by atoms with van der Waals surface area (Å²) in [5.41, 5.74) is 12.4. The van der Waals surface area contributed by atoms with E-state index in [1.807, 2.05) is 0 Å². The molecule has 0 aliphatic heterocycles. The highest BCUT2D eigenvalue weighted by molar-refractivity contribution is 6.33. The van der Waals surface area contributed by atoms with Gasteiger partial charge in [0.05, 0.1) is 17.1 Å². The van der Waals surface area contributed by atoms with Gasteiger partial charge in [-0.1, -0.05) is 31.4 Å². The Kier molecular flexibility index (Phi) is 4.09. The van der Waals surface area contributed by atoms with Crippen molar-refractivity contribution in [1.29, 1.82) is 0 Å². The van der Waals surface area contributed by atoms with Gasteiger partial charge in [0.1, 0.15) is 5.02 Å². The first-order valence-electron chi connectivity index (χ1n) is 6.76. The van der Waals surface area contributed by atoms with Gasteiger partial charge in [0, 0.05) is 6.54 Å². The van der Waals surface area contributed by atoms with E-state index in [9.17, 15) is 4.39 Å². The minimum absolute atomic E-state index is 0.0614. The Morgan fingerprint density at radius 3 is 2.53 bits per heavy atom. The van der Waals surface area contributed by atoms with Crippen molar-refractivity contribution in [3.8, 4) is 0 Å². The average molecular weight is 286 g/mol. The van der Waals surface area contributed by atoms with Crippen molar-refractivity contribution >= 4 is 28.7 Å². The quantitative estimate of drug-likeness (QED) is 0.732. The number of benzene rings is 1. The van der Waals surface area contributed by atoms with Gasteiger partial charge in [-0.3, -0.25) is 0 Å². The molecule has 0 amide bonds. The fourth-order valence-corrected chi connectivity index (χ4v) is 3.05. The zero-order valence-corrected chi connectivity index (χ0v) is 12.0. The molecule has 0 saturated heterocycles. The number of hydrogen-bond donors (Lipinski definition) is 3. The van der Waals surface area contributed by atoms with Crippen LogP contribution in [-0.2, 0) is 0 Å². The lowest BCUT2D eigenvalue weighted by Crippen LogP contribution is -2.26. The molecule has 1 fully saturated rings. The van der Waals surface area contributed by atoms with Gasteiger partial charge in [-0.15, -0.1) is 0 Å². The van der Waals surface area contributed by atoms with Crippen LogP contribution in [-0.4, -0.2) is 6.54 Å². The summed E-state index contributed by atoms with van der Waals surface area (Å²) in [4.78, 5) is 0. The van der Waals surface area contributed by atoms with Crippen molar-refractivity contribution in [3.05, 3.63) is 16.9 Å². The van der Waals surface area contributed by atoms with Gasteiger partial charge in [0.25, 0.3) is 0 Å². The third-order valence-electron chi connectivity index (χ3n) is 4.32. The number of nitrogens with one attached hydrogen (secondary N) is 1. The molecule has 0 heterocycles. The number of nitrogens with two attached hydrogens (primary N) is 2. The molecule has 0 bridgehead atoms. The zero-order valence-electron chi connectivity index (χ0n) is 11.2. The van der Waals surface area contributed by atoms with Crippen LogP contribution in [0.2, 0.25) is 5.02 Å². The molecule has 0 unspecified atom stereocenters. The van der Waals surface area contributed by atoms with Crippen LogP contribution in [0.25, 0.3) is 0 Å². The summed E-state index contributed by atoms with van der Waals surface area (Å²) in [5.74, 6) is -0.552.